The predicted molar refractivity (Wildman–Crippen MR) is 73.9 cm³/mol. The molecule has 1 N–H and O–H groups in total. The van der Waals surface area contributed by atoms with E-state index in [1.54, 1.807) is 0 Å². The lowest BCUT2D eigenvalue weighted by Crippen LogP contribution is -2.29. The van der Waals surface area contributed by atoms with Crippen molar-refractivity contribution in [3.05, 3.63) is 15.6 Å². The minimum Gasteiger partial charge on any atom is -0.381 e. The van der Waals surface area contributed by atoms with Crippen LogP contribution in [-0.2, 0) is 11.2 Å². The summed E-state index contributed by atoms with van der Waals surface area (Å²) in [5.74, 6) is 0. The number of aryl methyl sites for hydroxylation is 2. The van der Waals surface area contributed by atoms with E-state index in [4.69, 9.17) is 4.74 Å². The molecule has 0 aliphatic carbocycles. The number of rotatable bonds is 8. The summed E-state index contributed by atoms with van der Waals surface area (Å²) in [7, 11) is 2.01. The lowest BCUT2D eigenvalue weighted by molar-refractivity contribution is 0.125. The third-order valence-electron chi connectivity index (χ3n) is 2.86. The number of hydrogen-bond donors (Lipinski definition) is 1. The van der Waals surface area contributed by atoms with Gasteiger partial charge in [0.15, 0.2) is 0 Å². The Labute approximate surface area is 109 Å². The van der Waals surface area contributed by atoms with Gasteiger partial charge in [0.1, 0.15) is 0 Å². The molecule has 0 amide bonds. The fourth-order valence-electron chi connectivity index (χ4n) is 1.66. The van der Waals surface area contributed by atoms with E-state index in [9.17, 15) is 0 Å². The van der Waals surface area contributed by atoms with Crippen LogP contribution in [0.1, 0.15) is 35.3 Å². The van der Waals surface area contributed by atoms with Crippen molar-refractivity contribution >= 4 is 11.3 Å². The normalized spacial score (nSPS) is 12.9. The van der Waals surface area contributed by atoms with Crippen molar-refractivity contribution < 1.29 is 4.74 Å². The van der Waals surface area contributed by atoms with E-state index < -0.39 is 0 Å². The summed E-state index contributed by atoms with van der Waals surface area (Å²) in [4.78, 5) is 5.91. The second-order valence-corrected chi connectivity index (χ2v) is 5.63. The van der Waals surface area contributed by atoms with E-state index in [1.165, 1.54) is 15.6 Å². The van der Waals surface area contributed by atoms with E-state index in [0.29, 0.717) is 6.04 Å². The fourth-order valence-corrected chi connectivity index (χ4v) is 2.67. The minimum absolute atomic E-state index is 0.469. The van der Waals surface area contributed by atoms with Crippen LogP contribution in [0.25, 0.3) is 0 Å². The molecular weight excluding hydrogens is 232 g/mol. The van der Waals surface area contributed by atoms with Gasteiger partial charge >= 0.3 is 0 Å². The van der Waals surface area contributed by atoms with Crippen LogP contribution in [0.5, 0.6) is 0 Å². The number of thiazole rings is 1. The Kier molecular flexibility index (Phi) is 6.70. The van der Waals surface area contributed by atoms with Crippen molar-refractivity contribution in [2.45, 2.75) is 46.1 Å². The highest BCUT2D eigenvalue weighted by atomic mass is 32.1. The van der Waals surface area contributed by atoms with Gasteiger partial charge < -0.3 is 10.1 Å². The molecule has 1 atom stereocenters. The van der Waals surface area contributed by atoms with Crippen molar-refractivity contribution in [3.8, 4) is 0 Å². The van der Waals surface area contributed by atoms with Gasteiger partial charge in [0, 0.05) is 30.6 Å². The summed E-state index contributed by atoms with van der Waals surface area (Å²) in [6.45, 7) is 8.05. The van der Waals surface area contributed by atoms with Gasteiger partial charge in [-0.05, 0) is 33.7 Å². The number of nitrogens with one attached hydrogen (secondary N) is 1. The average molecular weight is 256 g/mol. The summed E-state index contributed by atoms with van der Waals surface area (Å²) < 4.78 is 5.52. The maximum absolute atomic E-state index is 5.52. The van der Waals surface area contributed by atoms with Crippen LogP contribution >= 0.6 is 11.3 Å². The molecule has 0 aromatic carbocycles. The molecule has 0 aliphatic rings. The zero-order valence-electron chi connectivity index (χ0n) is 11.4. The number of likely N-dealkylation sites (N-methyl/N-ethyl adjacent to an activating group) is 1. The smallest absolute Gasteiger partial charge is 0.0946 e. The molecule has 4 heteroatoms. The molecule has 98 valence electrons. The third-order valence-corrected chi connectivity index (χ3v) is 3.96. The first-order chi connectivity index (χ1) is 8.17. The van der Waals surface area contributed by atoms with Crippen LogP contribution < -0.4 is 5.32 Å². The summed E-state index contributed by atoms with van der Waals surface area (Å²) >= 11 is 1.81. The van der Waals surface area contributed by atoms with Crippen molar-refractivity contribution in [2.24, 2.45) is 0 Å². The number of nitrogens with zero attached hydrogens (tertiary/aromatic N) is 1. The summed E-state index contributed by atoms with van der Waals surface area (Å²) in [6, 6.07) is 0.469. The summed E-state index contributed by atoms with van der Waals surface area (Å²) in [6.07, 6.45) is 3.15. The first-order valence-corrected chi connectivity index (χ1v) is 7.17. The van der Waals surface area contributed by atoms with E-state index in [1.807, 2.05) is 18.4 Å². The molecular formula is C13H24N2OS. The van der Waals surface area contributed by atoms with Crippen LogP contribution in [0.2, 0.25) is 0 Å². The molecule has 1 heterocycles. The van der Waals surface area contributed by atoms with Gasteiger partial charge in [-0.3, -0.25) is 0 Å². The number of hydrogen-bond acceptors (Lipinski definition) is 4. The Morgan fingerprint density at radius 2 is 2.12 bits per heavy atom. The van der Waals surface area contributed by atoms with Gasteiger partial charge in [-0.15, -0.1) is 11.3 Å². The lowest BCUT2D eigenvalue weighted by Gasteiger charge is -2.14. The molecule has 0 saturated heterocycles. The predicted octanol–water partition coefficient (Wildman–Crippen LogP) is 2.71. The second-order valence-electron chi connectivity index (χ2n) is 4.34. The zero-order valence-corrected chi connectivity index (χ0v) is 12.2. The number of ether oxygens (including phenoxy) is 1. The molecule has 17 heavy (non-hydrogen) atoms. The molecule has 3 nitrogen and oxygen atoms in total. The van der Waals surface area contributed by atoms with Gasteiger partial charge in [-0.2, -0.15) is 0 Å². The Hall–Kier alpha value is -0.450. The molecule has 1 unspecified atom stereocenters. The van der Waals surface area contributed by atoms with Crippen LogP contribution in [0.4, 0.5) is 0 Å². The zero-order chi connectivity index (χ0) is 12.7. The molecule has 0 bridgehead atoms. The highest BCUT2D eigenvalue weighted by Gasteiger charge is 2.11. The lowest BCUT2D eigenvalue weighted by atomic mass is 10.1. The van der Waals surface area contributed by atoms with Crippen LogP contribution in [0.15, 0.2) is 0 Å². The number of aromatic nitrogens is 1. The molecule has 0 saturated carbocycles. The van der Waals surface area contributed by atoms with Crippen molar-refractivity contribution in [1.29, 1.82) is 0 Å². The first-order valence-electron chi connectivity index (χ1n) is 6.35. The summed E-state index contributed by atoms with van der Waals surface area (Å²) in [5, 5.41) is 4.57. The maximum Gasteiger partial charge on any atom is 0.0946 e. The van der Waals surface area contributed by atoms with Gasteiger partial charge in [0.25, 0.3) is 0 Å². The standard InChI is InChI=1S/C13H24N2OS/c1-5-7-16-8-6-12(14-4)9-13-15-10(2)11(3)17-13/h12,14H,5-9H2,1-4H3. The van der Waals surface area contributed by atoms with Crippen molar-refractivity contribution in [2.75, 3.05) is 20.3 Å². The van der Waals surface area contributed by atoms with E-state index in [0.717, 1.165) is 32.5 Å². The Morgan fingerprint density at radius 1 is 1.35 bits per heavy atom. The molecule has 0 fully saturated rings. The first kappa shape index (κ1) is 14.6. The van der Waals surface area contributed by atoms with E-state index in [-0.39, 0.29) is 0 Å². The Balaban J connectivity index is 2.35. The van der Waals surface area contributed by atoms with E-state index in [2.05, 4.69) is 31.1 Å². The SMILES string of the molecule is CCCOCCC(Cc1nc(C)c(C)s1)NC. The Morgan fingerprint density at radius 3 is 2.65 bits per heavy atom. The van der Waals surface area contributed by atoms with Gasteiger partial charge in [-0.25, -0.2) is 4.98 Å². The average Bonchev–Trinajstić information content (AvgIpc) is 2.62. The molecule has 0 spiro atoms. The van der Waals surface area contributed by atoms with Gasteiger partial charge in [-0.1, -0.05) is 6.92 Å². The maximum atomic E-state index is 5.52. The fraction of sp³-hybridized carbons (Fsp3) is 0.769. The monoisotopic (exact) mass is 256 g/mol. The van der Waals surface area contributed by atoms with Gasteiger partial charge in [0.2, 0.25) is 0 Å². The topological polar surface area (TPSA) is 34.1 Å². The van der Waals surface area contributed by atoms with Gasteiger partial charge in [0.05, 0.1) is 10.7 Å². The minimum atomic E-state index is 0.469. The van der Waals surface area contributed by atoms with Crippen LogP contribution in [0.3, 0.4) is 0 Å². The molecule has 1 aromatic rings. The highest BCUT2D eigenvalue weighted by Crippen LogP contribution is 2.18. The largest absolute Gasteiger partial charge is 0.381 e. The Bertz CT molecular complexity index is 306. The van der Waals surface area contributed by atoms with E-state index >= 15 is 0 Å². The molecule has 1 rings (SSSR count). The van der Waals surface area contributed by atoms with Crippen molar-refractivity contribution in [3.63, 3.8) is 0 Å². The molecule has 0 aliphatic heterocycles. The third kappa shape index (κ3) is 5.15. The van der Waals surface area contributed by atoms with Crippen LogP contribution in [0, 0.1) is 13.8 Å². The second kappa shape index (κ2) is 7.80. The van der Waals surface area contributed by atoms with Crippen molar-refractivity contribution in [1.82, 2.24) is 10.3 Å². The molecule has 1 aromatic heterocycles. The quantitative estimate of drug-likeness (QED) is 0.726. The molecule has 0 radical (unpaired) electrons. The van der Waals surface area contributed by atoms with Crippen LogP contribution in [-0.4, -0.2) is 31.3 Å². The highest BCUT2D eigenvalue weighted by molar-refractivity contribution is 7.11. The summed E-state index contributed by atoms with van der Waals surface area (Å²) in [5.41, 5.74) is 1.17.